The third-order valence-corrected chi connectivity index (χ3v) is 4.01. The second-order valence-electron chi connectivity index (χ2n) is 5.78. The van der Waals surface area contributed by atoms with Gasteiger partial charge < -0.3 is 17.2 Å². The summed E-state index contributed by atoms with van der Waals surface area (Å²) in [5.41, 5.74) is 24.7. The molecule has 0 fully saturated rings. The van der Waals surface area contributed by atoms with E-state index in [2.05, 4.69) is 24.3 Å². The molecule has 0 radical (unpaired) electrons. The Hall–Kier alpha value is -2.94. The Morgan fingerprint density at radius 2 is 1.13 bits per heavy atom. The van der Waals surface area contributed by atoms with Crippen molar-refractivity contribution in [1.29, 1.82) is 0 Å². The minimum atomic E-state index is 0.771. The lowest BCUT2D eigenvalue weighted by molar-refractivity contribution is 0.963. The average molecular weight is 303 g/mol. The van der Waals surface area contributed by atoms with Gasteiger partial charge in [0.2, 0.25) is 0 Å². The van der Waals surface area contributed by atoms with Crippen LogP contribution in [0.5, 0.6) is 0 Å². The number of benzene rings is 3. The fraction of sp³-hybridized carbons (Fsp3) is 0.100. The summed E-state index contributed by atoms with van der Waals surface area (Å²) in [7, 11) is 0. The predicted molar refractivity (Wildman–Crippen MR) is 99.0 cm³/mol. The van der Waals surface area contributed by atoms with Crippen LogP contribution in [0.15, 0.2) is 66.7 Å². The lowest BCUT2D eigenvalue weighted by Crippen LogP contribution is -1.97. The molecule has 0 aliphatic rings. The summed E-state index contributed by atoms with van der Waals surface area (Å²) in [6, 6.07) is 22.1. The van der Waals surface area contributed by atoms with Crippen molar-refractivity contribution in [3.63, 3.8) is 0 Å². The molecule has 0 amide bonds. The molecular formula is C20H21N3. The van der Waals surface area contributed by atoms with E-state index in [1.54, 1.807) is 0 Å². The summed E-state index contributed by atoms with van der Waals surface area (Å²) in [5, 5.41) is 0. The van der Waals surface area contributed by atoms with E-state index in [9.17, 15) is 0 Å². The van der Waals surface area contributed by atoms with Crippen molar-refractivity contribution in [1.82, 2.24) is 0 Å². The van der Waals surface area contributed by atoms with Gasteiger partial charge in [0, 0.05) is 17.1 Å². The molecule has 0 saturated carbocycles. The van der Waals surface area contributed by atoms with Gasteiger partial charge in [-0.25, -0.2) is 0 Å². The number of aryl methyl sites for hydroxylation is 2. The van der Waals surface area contributed by atoms with Crippen molar-refractivity contribution in [2.45, 2.75) is 12.8 Å². The maximum atomic E-state index is 5.98. The monoisotopic (exact) mass is 303 g/mol. The molecule has 0 aliphatic carbocycles. The molecular weight excluding hydrogens is 282 g/mol. The van der Waals surface area contributed by atoms with E-state index < -0.39 is 0 Å². The maximum absolute atomic E-state index is 5.98. The Bertz CT molecular complexity index is 790. The van der Waals surface area contributed by atoms with Crippen LogP contribution in [-0.2, 0) is 12.8 Å². The maximum Gasteiger partial charge on any atom is 0.0317 e. The van der Waals surface area contributed by atoms with Crippen LogP contribution in [0.1, 0.15) is 11.1 Å². The third kappa shape index (κ3) is 3.64. The minimum Gasteiger partial charge on any atom is -0.399 e. The van der Waals surface area contributed by atoms with Crippen molar-refractivity contribution >= 4 is 17.1 Å². The molecule has 6 N–H and O–H groups in total. The van der Waals surface area contributed by atoms with Crippen LogP contribution >= 0.6 is 0 Å². The van der Waals surface area contributed by atoms with E-state index in [1.807, 2.05) is 42.5 Å². The van der Waals surface area contributed by atoms with Gasteiger partial charge >= 0.3 is 0 Å². The molecule has 0 aromatic heterocycles. The van der Waals surface area contributed by atoms with Gasteiger partial charge in [-0.15, -0.1) is 0 Å². The van der Waals surface area contributed by atoms with Gasteiger partial charge in [0.15, 0.2) is 0 Å². The number of anilines is 3. The molecule has 0 unspecified atom stereocenters. The van der Waals surface area contributed by atoms with Crippen molar-refractivity contribution in [2.75, 3.05) is 17.2 Å². The molecule has 0 aliphatic heterocycles. The molecule has 0 atom stereocenters. The SMILES string of the molecule is Nc1ccc(CCc2cc(N)ccc2-c2ccc(N)cc2)cc1. The first-order valence-corrected chi connectivity index (χ1v) is 7.70. The zero-order valence-corrected chi connectivity index (χ0v) is 13.0. The first-order valence-electron chi connectivity index (χ1n) is 7.70. The molecule has 0 spiro atoms. The first-order chi connectivity index (χ1) is 11.1. The van der Waals surface area contributed by atoms with Crippen LogP contribution in [0.2, 0.25) is 0 Å². The Balaban J connectivity index is 1.87. The molecule has 3 nitrogen and oxygen atoms in total. The van der Waals surface area contributed by atoms with Gasteiger partial charge in [0.05, 0.1) is 0 Å². The summed E-state index contributed by atoms with van der Waals surface area (Å²) in [5.74, 6) is 0. The van der Waals surface area contributed by atoms with Gasteiger partial charge in [-0.1, -0.05) is 30.3 Å². The quantitative estimate of drug-likeness (QED) is 0.640. The Morgan fingerprint density at radius 3 is 1.78 bits per heavy atom. The van der Waals surface area contributed by atoms with Crippen LogP contribution in [-0.4, -0.2) is 0 Å². The molecule has 3 aromatic carbocycles. The number of nitrogens with two attached hydrogens (primary N) is 3. The molecule has 3 rings (SSSR count). The fourth-order valence-electron chi connectivity index (χ4n) is 2.73. The van der Waals surface area contributed by atoms with E-state index >= 15 is 0 Å². The van der Waals surface area contributed by atoms with Gasteiger partial charge in [-0.05, 0) is 71.5 Å². The van der Waals surface area contributed by atoms with Crippen molar-refractivity contribution in [3.05, 3.63) is 77.9 Å². The highest BCUT2D eigenvalue weighted by Gasteiger charge is 2.06. The van der Waals surface area contributed by atoms with Crippen molar-refractivity contribution < 1.29 is 0 Å². The lowest BCUT2D eigenvalue weighted by atomic mass is 9.94. The number of rotatable bonds is 4. The van der Waals surface area contributed by atoms with E-state index in [0.29, 0.717) is 0 Å². The minimum absolute atomic E-state index is 0.771. The third-order valence-electron chi connectivity index (χ3n) is 4.01. The predicted octanol–water partition coefficient (Wildman–Crippen LogP) is 3.89. The summed E-state index contributed by atoms with van der Waals surface area (Å²) in [4.78, 5) is 0. The Kier molecular flexibility index (Phi) is 4.20. The van der Waals surface area contributed by atoms with Gasteiger partial charge in [-0.2, -0.15) is 0 Å². The Morgan fingerprint density at radius 1 is 0.565 bits per heavy atom. The summed E-state index contributed by atoms with van der Waals surface area (Å²) >= 11 is 0. The summed E-state index contributed by atoms with van der Waals surface area (Å²) in [6.45, 7) is 0. The van der Waals surface area contributed by atoms with E-state index in [0.717, 1.165) is 35.5 Å². The molecule has 0 saturated heterocycles. The summed E-state index contributed by atoms with van der Waals surface area (Å²) in [6.07, 6.45) is 1.88. The molecule has 0 heterocycles. The highest BCUT2D eigenvalue weighted by molar-refractivity contribution is 5.71. The zero-order chi connectivity index (χ0) is 16.2. The lowest BCUT2D eigenvalue weighted by Gasteiger charge is -2.12. The van der Waals surface area contributed by atoms with Crippen LogP contribution < -0.4 is 17.2 Å². The first kappa shape index (κ1) is 15.0. The smallest absolute Gasteiger partial charge is 0.0317 e. The van der Waals surface area contributed by atoms with Crippen LogP contribution in [0.3, 0.4) is 0 Å². The largest absolute Gasteiger partial charge is 0.399 e. The van der Waals surface area contributed by atoms with Gasteiger partial charge in [0.1, 0.15) is 0 Å². The van der Waals surface area contributed by atoms with Crippen LogP contribution in [0.25, 0.3) is 11.1 Å². The summed E-state index contributed by atoms with van der Waals surface area (Å²) < 4.78 is 0. The fourth-order valence-corrected chi connectivity index (χ4v) is 2.73. The van der Waals surface area contributed by atoms with Crippen molar-refractivity contribution in [3.8, 4) is 11.1 Å². The highest BCUT2D eigenvalue weighted by Crippen LogP contribution is 2.27. The number of hydrogen-bond donors (Lipinski definition) is 3. The van der Waals surface area contributed by atoms with Gasteiger partial charge in [-0.3, -0.25) is 0 Å². The normalized spacial score (nSPS) is 10.6. The average Bonchev–Trinajstić information content (AvgIpc) is 2.55. The molecule has 0 bridgehead atoms. The van der Waals surface area contributed by atoms with Crippen molar-refractivity contribution in [2.24, 2.45) is 0 Å². The molecule has 23 heavy (non-hydrogen) atoms. The molecule has 3 aromatic rings. The second-order valence-corrected chi connectivity index (χ2v) is 5.78. The zero-order valence-electron chi connectivity index (χ0n) is 13.0. The van der Waals surface area contributed by atoms with Gasteiger partial charge in [0.25, 0.3) is 0 Å². The Labute approximate surface area is 136 Å². The van der Waals surface area contributed by atoms with Crippen LogP contribution in [0.4, 0.5) is 17.1 Å². The van der Waals surface area contributed by atoms with E-state index in [-0.39, 0.29) is 0 Å². The molecule has 3 heteroatoms. The topological polar surface area (TPSA) is 78.1 Å². The number of hydrogen-bond acceptors (Lipinski definition) is 3. The highest BCUT2D eigenvalue weighted by atomic mass is 14.5. The molecule has 116 valence electrons. The standard InChI is InChI=1S/C20H21N3/c21-17-7-2-14(3-8-17)1-4-16-13-19(23)11-12-20(16)15-5-9-18(22)10-6-15/h2-3,5-13H,1,4,21-23H2. The van der Waals surface area contributed by atoms with E-state index in [1.165, 1.54) is 16.7 Å². The second kappa shape index (κ2) is 6.44. The van der Waals surface area contributed by atoms with E-state index in [4.69, 9.17) is 17.2 Å². The van der Waals surface area contributed by atoms with Crippen LogP contribution in [0, 0.1) is 0 Å². The number of nitrogen functional groups attached to an aromatic ring is 3.